The number of fused-ring (bicyclic) bond motifs is 1. The van der Waals surface area contributed by atoms with Crippen LogP contribution >= 0.6 is 0 Å². The molecule has 0 spiro atoms. The Bertz CT molecular complexity index is 896. The minimum atomic E-state index is -0.173. The Balaban J connectivity index is 1.62. The van der Waals surface area contributed by atoms with E-state index in [1.807, 2.05) is 6.07 Å². The second-order valence-corrected chi connectivity index (χ2v) is 7.36. The van der Waals surface area contributed by atoms with Crippen molar-refractivity contribution in [3.63, 3.8) is 0 Å². The fourth-order valence-electron chi connectivity index (χ4n) is 3.97. The van der Waals surface area contributed by atoms with Gasteiger partial charge in [-0.3, -0.25) is 4.90 Å². The molecule has 25 heavy (non-hydrogen) atoms. The first-order valence-electron chi connectivity index (χ1n) is 9.18. The molecule has 0 bridgehead atoms. The van der Waals surface area contributed by atoms with E-state index < -0.39 is 0 Å². The number of hydrogen-bond donors (Lipinski definition) is 1. The van der Waals surface area contributed by atoms with Crippen molar-refractivity contribution < 1.29 is 4.39 Å². The average Bonchev–Trinajstić information content (AvgIpc) is 3.01. The third-order valence-corrected chi connectivity index (χ3v) is 5.53. The Labute approximate surface area is 148 Å². The van der Waals surface area contributed by atoms with Crippen molar-refractivity contribution in [3.8, 4) is 0 Å². The van der Waals surface area contributed by atoms with Crippen molar-refractivity contribution in [1.82, 2.24) is 9.88 Å². The largest absolute Gasteiger partial charge is 0.357 e. The van der Waals surface area contributed by atoms with E-state index in [-0.39, 0.29) is 5.82 Å². The van der Waals surface area contributed by atoms with E-state index >= 15 is 0 Å². The molecule has 3 heteroatoms. The molecule has 0 amide bonds. The lowest BCUT2D eigenvalue weighted by Crippen LogP contribution is -2.33. The van der Waals surface area contributed by atoms with Gasteiger partial charge in [0.05, 0.1) is 6.04 Å². The van der Waals surface area contributed by atoms with E-state index in [1.165, 1.54) is 41.3 Å². The number of aromatic amines is 1. The van der Waals surface area contributed by atoms with Crippen LogP contribution in [0.4, 0.5) is 4.39 Å². The lowest BCUT2D eigenvalue weighted by molar-refractivity contribution is 0.138. The predicted molar refractivity (Wildman–Crippen MR) is 101 cm³/mol. The summed E-state index contributed by atoms with van der Waals surface area (Å²) in [7, 11) is 0. The highest BCUT2D eigenvalue weighted by Gasteiger charge is 2.25. The number of nitrogens with one attached hydrogen (secondary N) is 1. The van der Waals surface area contributed by atoms with E-state index in [9.17, 15) is 4.39 Å². The average molecular weight is 336 g/mol. The number of benzene rings is 2. The van der Waals surface area contributed by atoms with E-state index in [0.29, 0.717) is 6.04 Å². The molecule has 130 valence electrons. The smallest absolute Gasteiger partial charge is 0.123 e. The van der Waals surface area contributed by atoms with Crippen LogP contribution < -0.4 is 0 Å². The highest BCUT2D eigenvalue weighted by atomic mass is 19.1. The number of likely N-dealkylation sites (tertiary alicyclic amines) is 1. The fourth-order valence-corrected chi connectivity index (χ4v) is 3.97. The van der Waals surface area contributed by atoms with Gasteiger partial charge >= 0.3 is 0 Å². The maximum Gasteiger partial charge on any atom is 0.123 e. The summed E-state index contributed by atoms with van der Waals surface area (Å²) in [5.74, 6) is -0.173. The molecule has 0 aliphatic carbocycles. The van der Waals surface area contributed by atoms with E-state index in [0.717, 1.165) is 30.4 Å². The molecule has 1 aliphatic rings. The third-order valence-electron chi connectivity index (χ3n) is 5.53. The molecular weight excluding hydrogens is 311 g/mol. The summed E-state index contributed by atoms with van der Waals surface area (Å²) in [5, 5.41) is 0.965. The van der Waals surface area contributed by atoms with Crippen molar-refractivity contribution in [2.45, 2.75) is 45.7 Å². The third kappa shape index (κ3) is 3.34. The lowest BCUT2D eigenvalue weighted by Gasteiger charge is -2.35. The first-order valence-corrected chi connectivity index (χ1v) is 9.18. The van der Waals surface area contributed by atoms with E-state index in [1.54, 1.807) is 6.07 Å². The second kappa shape index (κ2) is 6.64. The number of rotatable bonds is 3. The maximum atomic E-state index is 13.5. The molecular formula is C22H25FN2. The van der Waals surface area contributed by atoms with Gasteiger partial charge in [0.15, 0.2) is 0 Å². The lowest BCUT2D eigenvalue weighted by atomic mass is 9.97. The number of hydrogen-bond acceptors (Lipinski definition) is 1. The number of aryl methyl sites for hydroxylation is 2. The van der Waals surface area contributed by atoms with Gasteiger partial charge in [0.1, 0.15) is 5.82 Å². The van der Waals surface area contributed by atoms with Gasteiger partial charge in [-0.2, -0.15) is 0 Å². The number of piperidine rings is 1. The molecule has 2 nitrogen and oxygen atoms in total. The van der Waals surface area contributed by atoms with Crippen molar-refractivity contribution in [2.24, 2.45) is 0 Å². The molecule has 1 aromatic heterocycles. The molecule has 0 radical (unpaired) electrons. The van der Waals surface area contributed by atoms with Crippen LogP contribution in [0, 0.1) is 19.7 Å². The van der Waals surface area contributed by atoms with Crippen LogP contribution in [0.5, 0.6) is 0 Å². The van der Waals surface area contributed by atoms with Crippen LogP contribution in [0.3, 0.4) is 0 Å². The first-order chi connectivity index (χ1) is 12.1. The van der Waals surface area contributed by atoms with Crippen molar-refractivity contribution in [3.05, 3.63) is 70.7 Å². The van der Waals surface area contributed by atoms with Gasteiger partial charge in [-0.1, -0.05) is 24.6 Å². The first kappa shape index (κ1) is 16.3. The van der Waals surface area contributed by atoms with E-state index in [4.69, 9.17) is 0 Å². The molecule has 1 fully saturated rings. The van der Waals surface area contributed by atoms with Gasteiger partial charge in [0, 0.05) is 23.1 Å². The van der Waals surface area contributed by atoms with Gasteiger partial charge in [-0.05, 0) is 74.2 Å². The monoisotopic (exact) mass is 336 g/mol. The summed E-state index contributed by atoms with van der Waals surface area (Å²) in [4.78, 5) is 6.08. The summed E-state index contributed by atoms with van der Waals surface area (Å²) in [6, 6.07) is 14.3. The van der Waals surface area contributed by atoms with E-state index in [2.05, 4.69) is 48.0 Å². The fraction of sp³-hybridized carbons (Fsp3) is 0.364. The number of aromatic nitrogens is 1. The Morgan fingerprint density at radius 2 is 1.92 bits per heavy atom. The van der Waals surface area contributed by atoms with Crippen LogP contribution in [0.2, 0.25) is 0 Å². The number of H-pyrrole nitrogens is 1. The Morgan fingerprint density at radius 3 is 2.76 bits per heavy atom. The molecule has 1 saturated heterocycles. The molecule has 1 aliphatic heterocycles. The summed E-state index contributed by atoms with van der Waals surface area (Å²) in [5.41, 5.74) is 6.30. The van der Waals surface area contributed by atoms with Gasteiger partial charge < -0.3 is 4.98 Å². The molecule has 0 saturated carbocycles. The van der Waals surface area contributed by atoms with Gasteiger partial charge in [-0.15, -0.1) is 0 Å². The Morgan fingerprint density at radius 1 is 1.04 bits per heavy atom. The van der Waals surface area contributed by atoms with Crippen LogP contribution in [0.25, 0.3) is 10.9 Å². The molecule has 1 unspecified atom stereocenters. The summed E-state index contributed by atoms with van der Waals surface area (Å²) >= 11 is 0. The summed E-state index contributed by atoms with van der Waals surface area (Å²) < 4.78 is 13.5. The van der Waals surface area contributed by atoms with Crippen LogP contribution in [0.15, 0.2) is 42.5 Å². The standard InChI is InChI=1S/C22H25FN2/c1-15-6-7-17(11-16(15)2)14-25-10-4-3-5-22(25)21-13-18-12-19(23)8-9-20(18)24-21/h6-9,11-13,22,24H,3-5,10,14H2,1-2H3. The normalized spacial score (nSPS) is 18.8. The topological polar surface area (TPSA) is 19.0 Å². The molecule has 2 aromatic carbocycles. The minimum Gasteiger partial charge on any atom is -0.357 e. The second-order valence-electron chi connectivity index (χ2n) is 7.36. The summed E-state index contributed by atoms with van der Waals surface area (Å²) in [6.07, 6.45) is 3.65. The predicted octanol–water partition coefficient (Wildman–Crippen LogP) is 5.65. The van der Waals surface area contributed by atoms with Gasteiger partial charge in [-0.25, -0.2) is 4.39 Å². The minimum absolute atomic E-state index is 0.173. The Kier molecular flexibility index (Phi) is 4.34. The van der Waals surface area contributed by atoms with Crippen molar-refractivity contribution >= 4 is 10.9 Å². The maximum absolute atomic E-state index is 13.5. The Hall–Kier alpha value is -2.13. The van der Waals surface area contributed by atoms with Crippen molar-refractivity contribution in [2.75, 3.05) is 6.54 Å². The molecule has 4 rings (SSSR count). The zero-order chi connectivity index (χ0) is 17.4. The zero-order valence-electron chi connectivity index (χ0n) is 15.0. The van der Waals surface area contributed by atoms with Gasteiger partial charge in [0.2, 0.25) is 0 Å². The quantitative estimate of drug-likeness (QED) is 0.655. The van der Waals surface area contributed by atoms with Gasteiger partial charge in [0.25, 0.3) is 0 Å². The van der Waals surface area contributed by atoms with Crippen LogP contribution in [0.1, 0.15) is 47.7 Å². The molecule has 2 heterocycles. The highest BCUT2D eigenvalue weighted by molar-refractivity contribution is 5.80. The summed E-state index contributed by atoms with van der Waals surface area (Å²) in [6.45, 7) is 6.42. The number of nitrogens with zero attached hydrogens (tertiary/aromatic N) is 1. The highest BCUT2D eigenvalue weighted by Crippen LogP contribution is 2.33. The zero-order valence-corrected chi connectivity index (χ0v) is 15.0. The molecule has 1 atom stereocenters. The number of halogens is 1. The van der Waals surface area contributed by atoms with Crippen LogP contribution in [-0.4, -0.2) is 16.4 Å². The van der Waals surface area contributed by atoms with Crippen LogP contribution in [-0.2, 0) is 6.54 Å². The molecule has 3 aromatic rings. The SMILES string of the molecule is Cc1ccc(CN2CCCCC2c2cc3cc(F)ccc3[nH]2)cc1C. The molecule has 1 N–H and O–H groups in total. The van der Waals surface area contributed by atoms with Crippen molar-refractivity contribution in [1.29, 1.82) is 0 Å².